The van der Waals surface area contributed by atoms with Crippen LogP contribution in [0.3, 0.4) is 0 Å². The molecule has 0 amide bonds. The Hall–Kier alpha value is -2.08. The summed E-state index contributed by atoms with van der Waals surface area (Å²) < 4.78 is 70.0. The molecule has 0 bridgehead atoms. The van der Waals surface area contributed by atoms with Crippen LogP contribution in [0.2, 0.25) is 0 Å². The molecule has 1 atom stereocenters. The Morgan fingerprint density at radius 3 is 2.63 bits per heavy atom. The number of halogens is 3. The van der Waals surface area contributed by atoms with Gasteiger partial charge in [-0.3, -0.25) is 4.99 Å². The lowest BCUT2D eigenvalue weighted by Gasteiger charge is -2.32. The monoisotopic (exact) mass is 405 g/mol. The molecule has 12 heteroatoms. The van der Waals surface area contributed by atoms with Crippen molar-refractivity contribution < 1.29 is 26.3 Å². The van der Waals surface area contributed by atoms with Gasteiger partial charge in [-0.05, 0) is 25.8 Å². The van der Waals surface area contributed by atoms with Crippen LogP contribution in [0.1, 0.15) is 25.5 Å². The Bertz CT molecular complexity index is 836. The van der Waals surface area contributed by atoms with Crippen molar-refractivity contribution in [1.29, 1.82) is 0 Å². The molecule has 0 aliphatic carbocycles. The largest absolute Gasteiger partial charge is 0.460 e. The molecule has 1 aromatic rings. The van der Waals surface area contributed by atoms with Crippen molar-refractivity contribution in [3.63, 3.8) is 0 Å². The van der Waals surface area contributed by atoms with Gasteiger partial charge in [-0.1, -0.05) is 0 Å². The fraction of sp³-hybridized carbons (Fsp3) is 0.600. The highest BCUT2D eigenvalue weighted by molar-refractivity contribution is 7.89. The van der Waals surface area contributed by atoms with Crippen molar-refractivity contribution in [1.82, 2.24) is 14.3 Å². The number of hydrogen-bond donors (Lipinski definition) is 0. The molecule has 0 saturated carbocycles. The van der Waals surface area contributed by atoms with Gasteiger partial charge in [-0.15, -0.1) is 0 Å². The van der Waals surface area contributed by atoms with E-state index in [4.69, 9.17) is 4.74 Å². The minimum atomic E-state index is -4.58. The first-order chi connectivity index (χ1) is 12.6. The van der Waals surface area contributed by atoms with Crippen molar-refractivity contribution in [2.45, 2.75) is 37.6 Å². The minimum Gasteiger partial charge on any atom is -0.460 e. The molecule has 3 heterocycles. The van der Waals surface area contributed by atoms with Crippen LogP contribution in [0.4, 0.5) is 13.2 Å². The van der Waals surface area contributed by atoms with Crippen LogP contribution in [0, 0.1) is 0 Å². The predicted octanol–water partition coefficient (Wildman–Crippen LogP) is 1.54. The molecule has 27 heavy (non-hydrogen) atoms. The molecule has 0 unspecified atom stereocenters. The van der Waals surface area contributed by atoms with Gasteiger partial charge in [-0.25, -0.2) is 22.7 Å². The Labute approximate surface area is 154 Å². The number of sulfonamides is 1. The van der Waals surface area contributed by atoms with Crippen LogP contribution in [0.15, 0.2) is 22.2 Å². The summed E-state index contributed by atoms with van der Waals surface area (Å²) in [6, 6.07) is 0.396. The average molecular weight is 405 g/mol. The zero-order chi connectivity index (χ0) is 19.7. The van der Waals surface area contributed by atoms with E-state index in [1.165, 1.54) is 16.9 Å². The maximum atomic E-state index is 12.7. The third kappa shape index (κ3) is 4.80. The summed E-state index contributed by atoms with van der Waals surface area (Å²) in [7, 11) is -3.55. The summed E-state index contributed by atoms with van der Waals surface area (Å²) >= 11 is 0. The molecule has 0 N–H and O–H groups in total. The number of aromatic nitrogens is 2. The number of alkyl halides is 3. The maximum absolute atomic E-state index is 12.7. The van der Waals surface area contributed by atoms with E-state index in [2.05, 4.69) is 20.0 Å². The number of rotatable bonds is 5. The number of piperidine rings is 1. The summed E-state index contributed by atoms with van der Waals surface area (Å²) in [5.74, 6) is -0.192. The standard InChI is InChI=1S/C15H18F3N5O3S/c1-14(8-19-10-21-14)9-27(24,25)23-6-3-11(4-7-23)26-13-20-5-2-12(22-13)15(16,17)18/h2,5,8,10-11H,3-4,6-7,9H2,1H3/t14-/m0/s1. The van der Waals surface area contributed by atoms with E-state index >= 15 is 0 Å². The van der Waals surface area contributed by atoms with Gasteiger partial charge < -0.3 is 4.74 Å². The Kier molecular flexibility index (Phi) is 5.21. The molecule has 2 aliphatic rings. The van der Waals surface area contributed by atoms with E-state index in [0.29, 0.717) is 12.8 Å². The topological polar surface area (TPSA) is 97.1 Å². The third-order valence-corrected chi connectivity index (χ3v) is 6.34. The van der Waals surface area contributed by atoms with Gasteiger partial charge >= 0.3 is 12.2 Å². The van der Waals surface area contributed by atoms with Crippen LogP contribution in [-0.2, 0) is 16.2 Å². The molecule has 0 aromatic carbocycles. The summed E-state index contributed by atoms with van der Waals surface area (Å²) in [6.07, 6.45) is -0.590. The Morgan fingerprint density at radius 2 is 2.04 bits per heavy atom. The zero-order valence-electron chi connectivity index (χ0n) is 14.4. The first kappa shape index (κ1) is 19.7. The second-order valence-electron chi connectivity index (χ2n) is 6.57. The summed E-state index contributed by atoms with van der Waals surface area (Å²) in [4.78, 5) is 15.0. The van der Waals surface area contributed by atoms with E-state index in [0.717, 1.165) is 12.3 Å². The number of aliphatic imine (C=N–C) groups is 2. The fourth-order valence-electron chi connectivity index (χ4n) is 2.86. The van der Waals surface area contributed by atoms with Crippen LogP contribution in [0.5, 0.6) is 6.01 Å². The van der Waals surface area contributed by atoms with Crippen LogP contribution in [-0.4, -0.2) is 65.7 Å². The van der Waals surface area contributed by atoms with Crippen LogP contribution in [0.25, 0.3) is 0 Å². The Morgan fingerprint density at radius 1 is 1.33 bits per heavy atom. The average Bonchev–Trinajstić information content (AvgIpc) is 3.00. The van der Waals surface area contributed by atoms with Gasteiger partial charge in [0.2, 0.25) is 10.0 Å². The highest BCUT2D eigenvalue weighted by atomic mass is 32.2. The molecular formula is C15H18F3N5O3S. The molecule has 3 rings (SSSR count). The molecule has 1 fully saturated rings. The van der Waals surface area contributed by atoms with Gasteiger partial charge in [0, 0.05) is 25.5 Å². The second kappa shape index (κ2) is 7.15. The first-order valence-corrected chi connectivity index (χ1v) is 9.81. The lowest BCUT2D eigenvalue weighted by atomic mass is 10.1. The van der Waals surface area contributed by atoms with E-state index in [-0.39, 0.29) is 24.9 Å². The molecule has 0 spiro atoms. The maximum Gasteiger partial charge on any atom is 0.433 e. The zero-order valence-corrected chi connectivity index (χ0v) is 15.2. The summed E-state index contributed by atoms with van der Waals surface area (Å²) in [5.41, 5.74) is -1.96. The molecule has 1 aromatic heterocycles. The van der Waals surface area contributed by atoms with Crippen molar-refractivity contribution >= 4 is 22.6 Å². The van der Waals surface area contributed by atoms with Gasteiger partial charge in [0.05, 0.1) is 5.75 Å². The summed E-state index contributed by atoms with van der Waals surface area (Å²) in [5, 5.41) is 0. The lowest BCUT2D eigenvalue weighted by Crippen LogP contribution is -2.46. The molecule has 2 aliphatic heterocycles. The van der Waals surface area contributed by atoms with Gasteiger partial charge in [0.25, 0.3) is 0 Å². The molecule has 148 valence electrons. The minimum absolute atomic E-state index is 0.192. The third-order valence-electron chi connectivity index (χ3n) is 4.24. The second-order valence-corrected chi connectivity index (χ2v) is 8.54. The van der Waals surface area contributed by atoms with Gasteiger partial charge in [-0.2, -0.15) is 18.2 Å². The van der Waals surface area contributed by atoms with E-state index < -0.39 is 33.5 Å². The van der Waals surface area contributed by atoms with Crippen LogP contribution >= 0.6 is 0 Å². The van der Waals surface area contributed by atoms with Crippen molar-refractivity contribution in [2.24, 2.45) is 9.98 Å². The highest BCUT2D eigenvalue weighted by Crippen LogP contribution is 2.28. The number of hydrogen-bond acceptors (Lipinski definition) is 7. The molecule has 1 saturated heterocycles. The van der Waals surface area contributed by atoms with Crippen molar-refractivity contribution in [2.75, 3.05) is 18.8 Å². The first-order valence-electron chi connectivity index (χ1n) is 8.20. The highest BCUT2D eigenvalue weighted by Gasteiger charge is 2.37. The molecule has 8 nitrogen and oxygen atoms in total. The number of ether oxygens (including phenoxy) is 1. The molecule has 0 radical (unpaired) electrons. The van der Waals surface area contributed by atoms with Gasteiger partial charge in [0.15, 0.2) is 5.69 Å². The number of nitrogens with zero attached hydrogens (tertiary/aromatic N) is 5. The van der Waals surface area contributed by atoms with E-state index in [1.54, 1.807) is 6.92 Å². The quantitative estimate of drug-likeness (QED) is 0.740. The van der Waals surface area contributed by atoms with Gasteiger partial charge in [0.1, 0.15) is 18.0 Å². The predicted molar refractivity (Wildman–Crippen MR) is 91.4 cm³/mol. The van der Waals surface area contributed by atoms with Crippen molar-refractivity contribution in [3.05, 3.63) is 18.0 Å². The fourth-order valence-corrected chi connectivity index (χ4v) is 4.70. The summed E-state index contributed by atoms with van der Waals surface area (Å²) in [6.45, 7) is 2.07. The van der Waals surface area contributed by atoms with Crippen LogP contribution < -0.4 is 4.74 Å². The molecular weight excluding hydrogens is 387 g/mol. The SMILES string of the molecule is C[C@@]1(CS(=O)(=O)N2CCC(Oc3nccc(C(F)(F)F)n3)CC2)C=NC=N1. The normalized spacial score (nSPS) is 24.4. The lowest BCUT2D eigenvalue weighted by molar-refractivity contribution is -0.141. The van der Waals surface area contributed by atoms with E-state index in [1.807, 2.05) is 0 Å². The Balaban J connectivity index is 1.58. The van der Waals surface area contributed by atoms with Crippen molar-refractivity contribution in [3.8, 4) is 6.01 Å². The smallest absolute Gasteiger partial charge is 0.433 e. The van der Waals surface area contributed by atoms with E-state index in [9.17, 15) is 21.6 Å².